The number of rotatable bonds is 9. The molecule has 3 aromatic rings. The van der Waals surface area contributed by atoms with E-state index in [-0.39, 0.29) is 4.90 Å². The van der Waals surface area contributed by atoms with Gasteiger partial charge >= 0.3 is 0 Å². The monoisotopic (exact) mass is 455 g/mol. The summed E-state index contributed by atoms with van der Waals surface area (Å²) in [5.41, 5.74) is 2.22. The number of methoxy groups -OCH3 is 4. The maximum atomic E-state index is 12.6. The summed E-state index contributed by atoms with van der Waals surface area (Å²) < 4.78 is 48.9. The van der Waals surface area contributed by atoms with Gasteiger partial charge in [0.15, 0.2) is 11.5 Å². The molecule has 0 unspecified atom stereocenters. The molecule has 0 amide bonds. The zero-order chi connectivity index (χ0) is 23.1. The highest BCUT2D eigenvalue weighted by molar-refractivity contribution is 7.92. The van der Waals surface area contributed by atoms with Crippen LogP contribution in [0.3, 0.4) is 0 Å². The third-order valence-electron chi connectivity index (χ3n) is 4.69. The van der Waals surface area contributed by atoms with E-state index in [2.05, 4.69) is 4.72 Å². The van der Waals surface area contributed by atoms with Crippen LogP contribution in [0.15, 0.2) is 65.6 Å². The Morgan fingerprint density at radius 3 is 1.75 bits per heavy atom. The Morgan fingerprint density at radius 1 is 0.688 bits per heavy atom. The van der Waals surface area contributed by atoms with Crippen molar-refractivity contribution < 1.29 is 27.4 Å². The molecule has 3 aromatic carbocycles. The number of ether oxygens (including phenoxy) is 4. The van der Waals surface area contributed by atoms with Gasteiger partial charge in [0.1, 0.15) is 5.75 Å². The first-order valence-corrected chi connectivity index (χ1v) is 11.1. The molecule has 1 N–H and O–H groups in total. The standard InChI is InChI=1S/C24H25NO6S/c1-28-20-11-13-21(14-12-20)32(26,27)25-19-9-7-17(8-10-19)5-6-18-15-22(29-2)24(31-4)23(16-18)30-3/h5-16,25H,1-4H3/b6-5-. The average Bonchev–Trinajstić information content (AvgIpc) is 2.82. The van der Waals surface area contributed by atoms with Crippen molar-refractivity contribution in [1.29, 1.82) is 0 Å². The lowest BCUT2D eigenvalue weighted by Crippen LogP contribution is -2.12. The lowest BCUT2D eigenvalue weighted by Gasteiger charge is -2.12. The highest BCUT2D eigenvalue weighted by Crippen LogP contribution is 2.38. The topological polar surface area (TPSA) is 83.1 Å². The number of benzene rings is 3. The second kappa shape index (κ2) is 10.1. The van der Waals surface area contributed by atoms with Crippen molar-refractivity contribution in [3.8, 4) is 23.0 Å². The van der Waals surface area contributed by atoms with Crippen molar-refractivity contribution in [2.24, 2.45) is 0 Å². The SMILES string of the molecule is COc1ccc(S(=O)(=O)Nc2ccc(/C=C\c3cc(OC)c(OC)c(OC)c3)cc2)cc1. The van der Waals surface area contributed by atoms with E-state index in [9.17, 15) is 8.42 Å². The number of hydrogen-bond acceptors (Lipinski definition) is 6. The summed E-state index contributed by atoms with van der Waals surface area (Å²) in [5.74, 6) is 2.25. The molecule has 0 saturated carbocycles. The molecule has 3 rings (SSSR count). The molecule has 0 aliphatic heterocycles. The quantitative estimate of drug-likeness (QED) is 0.471. The van der Waals surface area contributed by atoms with E-state index in [4.69, 9.17) is 18.9 Å². The van der Waals surface area contributed by atoms with Crippen molar-refractivity contribution in [2.45, 2.75) is 4.90 Å². The van der Waals surface area contributed by atoms with Crippen LogP contribution >= 0.6 is 0 Å². The van der Waals surface area contributed by atoms with Crippen LogP contribution in [0.5, 0.6) is 23.0 Å². The Hall–Kier alpha value is -3.65. The van der Waals surface area contributed by atoms with Crippen LogP contribution in [0.4, 0.5) is 5.69 Å². The molecule has 0 aromatic heterocycles. The average molecular weight is 456 g/mol. The van der Waals surface area contributed by atoms with E-state index in [1.807, 2.05) is 36.4 Å². The van der Waals surface area contributed by atoms with Crippen molar-refractivity contribution >= 4 is 27.9 Å². The fraction of sp³-hybridized carbons (Fsp3) is 0.167. The Kier molecular flexibility index (Phi) is 7.27. The Morgan fingerprint density at radius 2 is 1.25 bits per heavy atom. The Bertz CT molecular complexity index is 1160. The van der Waals surface area contributed by atoms with E-state index < -0.39 is 10.0 Å². The van der Waals surface area contributed by atoms with Gasteiger partial charge in [0.2, 0.25) is 5.75 Å². The van der Waals surface area contributed by atoms with Crippen molar-refractivity contribution in [1.82, 2.24) is 0 Å². The second-order valence-electron chi connectivity index (χ2n) is 6.70. The minimum Gasteiger partial charge on any atom is -0.497 e. The van der Waals surface area contributed by atoms with Gasteiger partial charge in [-0.05, 0) is 59.7 Å². The van der Waals surface area contributed by atoms with Crippen molar-refractivity contribution in [3.05, 3.63) is 71.8 Å². The molecule has 168 valence electrons. The van der Waals surface area contributed by atoms with Gasteiger partial charge in [-0.15, -0.1) is 0 Å². The number of hydrogen-bond donors (Lipinski definition) is 1. The maximum Gasteiger partial charge on any atom is 0.261 e. The lowest BCUT2D eigenvalue weighted by molar-refractivity contribution is 0.324. The molecule has 0 aliphatic rings. The third kappa shape index (κ3) is 5.33. The van der Waals surface area contributed by atoms with Gasteiger partial charge in [0, 0.05) is 5.69 Å². The molecule has 8 heteroatoms. The van der Waals surface area contributed by atoms with Crippen LogP contribution in [-0.2, 0) is 10.0 Å². The molecule has 7 nitrogen and oxygen atoms in total. The van der Waals surface area contributed by atoms with E-state index in [0.29, 0.717) is 28.7 Å². The van der Waals surface area contributed by atoms with Crippen LogP contribution < -0.4 is 23.7 Å². The first kappa shape index (κ1) is 23.0. The fourth-order valence-corrected chi connectivity index (χ4v) is 4.08. The zero-order valence-corrected chi connectivity index (χ0v) is 19.1. The van der Waals surface area contributed by atoms with E-state index >= 15 is 0 Å². The van der Waals surface area contributed by atoms with Crippen LogP contribution in [-0.4, -0.2) is 36.9 Å². The predicted molar refractivity (Wildman–Crippen MR) is 125 cm³/mol. The summed E-state index contributed by atoms with van der Waals surface area (Å²) >= 11 is 0. The van der Waals surface area contributed by atoms with Crippen LogP contribution in [0.25, 0.3) is 12.2 Å². The zero-order valence-electron chi connectivity index (χ0n) is 18.3. The minimum atomic E-state index is -3.69. The molecule has 0 heterocycles. The predicted octanol–water partition coefficient (Wildman–Crippen LogP) is 4.69. The third-order valence-corrected chi connectivity index (χ3v) is 6.09. The van der Waals surface area contributed by atoms with E-state index in [1.54, 1.807) is 45.6 Å². The Labute approximate surface area is 188 Å². The highest BCUT2D eigenvalue weighted by atomic mass is 32.2. The molecule has 0 spiro atoms. The molecule has 0 radical (unpaired) electrons. The van der Waals surface area contributed by atoms with Crippen molar-refractivity contribution in [3.63, 3.8) is 0 Å². The normalized spacial score (nSPS) is 11.2. The number of sulfonamides is 1. The molecular weight excluding hydrogens is 430 g/mol. The summed E-state index contributed by atoms with van der Waals surface area (Å²) in [7, 11) is 2.52. The molecular formula is C24H25NO6S. The summed E-state index contributed by atoms with van der Waals surface area (Å²) in [6.07, 6.45) is 3.81. The van der Waals surface area contributed by atoms with Crippen LogP contribution in [0, 0.1) is 0 Å². The van der Waals surface area contributed by atoms with Gasteiger partial charge in [0.05, 0.1) is 33.3 Å². The minimum absolute atomic E-state index is 0.157. The van der Waals surface area contributed by atoms with Gasteiger partial charge in [-0.1, -0.05) is 24.3 Å². The number of nitrogens with one attached hydrogen (secondary N) is 1. The molecule has 0 atom stereocenters. The van der Waals surface area contributed by atoms with Gasteiger partial charge in [-0.2, -0.15) is 0 Å². The number of anilines is 1. The van der Waals surface area contributed by atoms with Gasteiger partial charge in [-0.3, -0.25) is 4.72 Å². The Balaban J connectivity index is 1.75. The first-order valence-electron chi connectivity index (χ1n) is 9.65. The summed E-state index contributed by atoms with van der Waals surface area (Å²) in [4.78, 5) is 0.157. The van der Waals surface area contributed by atoms with Gasteiger partial charge < -0.3 is 18.9 Å². The van der Waals surface area contributed by atoms with Crippen LogP contribution in [0.1, 0.15) is 11.1 Å². The molecule has 0 bridgehead atoms. The largest absolute Gasteiger partial charge is 0.497 e. The fourth-order valence-electron chi connectivity index (χ4n) is 3.02. The lowest BCUT2D eigenvalue weighted by atomic mass is 10.1. The maximum absolute atomic E-state index is 12.6. The summed E-state index contributed by atoms with van der Waals surface area (Å²) in [6, 6.07) is 16.9. The highest BCUT2D eigenvalue weighted by Gasteiger charge is 2.14. The molecule has 0 fully saturated rings. The first-order chi connectivity index (χ1) is 15.4. The smallest absolute Gasteiger partial charge is 0.261 e. The summed E-state index contributed by atoms with van der Waals surface area (Å²) in [5, 5.41) is 0. The van der Waals surface area contributed by atoms with Gasteiger partial charge in [0.25, 0.3) is 10.0 Å². The second-order valence-corrected chi connectivity index (χ2v) is 8.38. The van der Waals surface area contributed by atoms with Crippen molar-refractivity contribution in [2.75, 3.05) is 33.2 Å². The van der Waals surface area contributed by atoms with E-state index in [0.717, 1.165) is 11.1 Å². The van der Waals surface area contributed by atoms with Gasteiger partial charge in [-0.25, -0.2) is 8.42 Å². The molecule has 0 saturated heterocycles. The molecule has 0 aliphatic carbocycles. The summed E-state index contributed by atoms with van der Waals surface area (Å²) in [6.45, 7) is 0. The molecule has 32 heavy (non-hydrogen) atoms. The van der Waals surface area contributed by atoms with E-state index in [1.165, 1.54) is 19.2 Å². The van der Waals surface area contributed by atoms with Crippen LogP contribution in [0.2, 0.25) is 0 Å².